The summed E-state index contributed by atoms with van der Waals surface area (Å²) in [4.78, 5) is 0. The van der Waals surface area contributed by atoms with Crippen LogP contribution in [0.2, 0.25) is 0 Å². The zero-order chi connectivity index (χ0) is 14.6. The van der Waals surface area contributed by atoms with Crippen molar-refractivity contribution >= 4 is 0 Å². The second kappa shape index (κ2) is 7.24. The van der Waals surface area contributed by atoms with Crippen LogP contribution in [0.3, 0.4) is 0 Å². The van der Waals surface area contributed by atoms with Crippen molar-refractivity contribution in [2.24, 2.45) is 17.3 Å². The highest BCUT2D eigenvalue weighted by atomic mass is 16.7. The van der Waals surface area contributed by atoms with Gasteiger partial charge in [-0.25, -0.2) is 0 Å². The van der Waals surface area contributed by atoms with E-state index in [1.807, 2.05) is 0 Å². The second-order valence-electron chi connectivity index (χ2n) is 6.94. The molecule has 20 heavy (non-hydrogen) atoms. The Bertz CT molecular complexity index is 288. The summed E-state index contributed by atoms with van der Waals surface area (Å²) < 4.78 is 10.9. The molecular formula is C17H32O3. The van der Waals surface area contributed by atoms with Crippen LogP contribution in [0.4, 0.5) is 0 Å². The molecule has 118 valence electrons. The summed E-state index contributed by atoms with van der Waals surface area (Å²) in [6, 6.07) is 0. The maximum atomic E-state index is 10.7. The van der Waals surface area contributed by atoms with Gasteiger partial charge in [0.1, 0.15) is 0 Å². The van der Waals surface area contributed by atoms with Gasteiger partial charge in [-0.05, 0) is 49.4 Å². The van der Waals surface area contributed by atoms with Gasteiger partial charge in [-0.15, -0.1) is 0 Å². The molecule has 1 N–H and O–H groups in total. The van der Waals surface area contributed by atoms with E-state index in [0.29, 0.717) is 5.92 Å². The molecule has 1 saturated heterocycles. The minimum atomic E-state index is -0.176. The van der Waals surface area contributed by atoms with Crippen molar-refractivity contribution in [1.82, 2.24) is 0 Å². The topological polar surface area (TPSA) is 38.7 Å². The molecular weight excluding hydrogens is 252 g/mol. The summed E-state index contributed by atoms with van der Waals surface area (Å²) in [5.41, 5.74) is 0.118. The van der Waals surface area contributed by atoms with Crippen LogP contribution < -0.4 is 0 Å². The van der Waals surface area contributed by atoms with E-state index in [9.17, 15) is 5.11 Å². The predicted octanol–water partition coefficient (Wildman–Crippen LogP) is 3.74. The highest BCUT2D eigenvalue weighted by molar-refractivity contribution is 4.96. The van der Waals surface area contributed by atoms with Crippen molar-refractivity contribution in [3.8, 4) is 0 Å². The van der Waals surface area contributed by atoms with Crippen molar-refractivity contribution in [1.29, 1.82) is 0 Å². The molecule has 1 aliphatic carbocycles. The van der Waals surface area contributed by atoms with Crippen molar-refractivity contribution in [3.63, 3.8) is 0 Å². The number of hydrogen-bond acceptors (Lipinski definition) is 3. The molecule has 1 heterocycles. The van der Waals surface area contributed by atoms with Gasteiger partial charge in [0.2, 0.25) is 0 Å². The Morgan fingerprint density at radius 3 is 2.50 bits per heavy atom. The van der Waals surface area contributed by atoms with Crippen LogP contribution in [-0.2, 0) is 9.47 Å². The first-order valence-electron chi connectivity index (χ1n) is 8.51. The fraction of sp³-hybridized carbons (Fsp3) is 1.00. The molecule has 0 radical (unpaired) electrons. The van der Waals surface area contributed by atoms with Crippen molar-refractivity contribution in [2.45, 2.75) is 78.1 Å². The third-order valence-electron chi connectivity index (χ3n) is 5.72. The largest absolute Gasteiger partial charge is 0.393 e. The van der Waals surface area contributed by atoms with E-state index >= 15 is 0 Å². The summed E-state index contributed by atoms with van der Waals surface area (Å²) >= 11 is 0. The van der Waals surface area contributed by atoms with E-state index in [4.69, 9.17) is 9.47 Å². The van der Waals surface area contributed by atoms with Gasteiger partial charge in [-0.1, -0.05) is 33.6 Å². The molecule has 4 unspecified atom stereocenters. The zero-order valence-corrected chi connectivity index (χ0v) is 13.4. The smallest absolute Gasteiger partial charge is 0.157 e. The molecule has 0 bridgehead atoms. The number of rotatable bonds is 7. The van der Waals surface area contributed by atoms with E-state index in [-0.39, 0.29) is 17.8 Å². The highest BCUT2D eigenvalue weighted by Crippen LogP contribution is 2.51. The lowest BCUT2D eigenvalue weighted by Gasteiger charge is -2.36. The monoisotopic (exact) mass is 284 g/mol. The van der Waals surface area contributed by atoms with Crippen LogP contribution in [0.1, 0.15) is 65.7 Å². The summed E-state index contributed by atoms with van der Waals surface area (Å²) in [5, 5.41) is 10.7. The minimum absolute atomic E-state index is 0.0241. The number of aliphatic hydroxyl groups is 1. The molecule has 0 aromatic rings. The molecule has 2 rings (SSSR count). The Hall–Kier alpha value is -0.120. The molecule has 0 aromatic carbocycles. The molecule has 2 fully saturated rings. The Labute approximate surface area is 124 Å². The lowest BCUT2D eigenvalue weighted by Crippen LogP contribution is -2.35. The molecule has 0 amide bonds. The molecule has 1 aliphatic heterocycles. The Kier molecular flexibility index (Phi) is 5.88. The van der Waals surface area contributed by atoms with Crippen molar-refractivity contribution < 1.29 is 14.6 Å². The SMILES string of the molecule is CCC1CC(CC)C(C)(C(O)CCCC2OCCO2)C1. The summed E-state index contributed by atoms with van der Waals surface area (Å²) in [6.07, 6.45) is 7.54. The third kappa shape index (κ3) is 3.55. The number of ether oxygens (including phenoxy) is 2. The predicted molar refractivity (Wildman–Crippen MR) is 80.5 cm³/mol. The van der Waals surface area contributed by atoms with Crippen LogP contribution in [0.5, 0.6) is 0 Å². The molecule has 3 heteroatoms. The fourth-order valence-corrected chi connectivity index (χ4v) is 4.28. The van der Waals surface area contributed by atoms with Crippen LogP contribution >= 0.6 is 0 Å². The molecule has 4 atom stereocenters. The standard InChI is InChI=1S/C17H32O3/c1-4-13-11-14(5-2)17(3,12-13)15(18)7-6-8-16-19-9-10-20-16/h13-16,18H,4-12H2,1-3H3. The van der Waals surface area contributed by atoms with E-state index < -0.39 is 0 Å². The fourth-order valence-electron chi connectivity index (χ4n) is 4.28. The van der Waals surface area contributed by atoms with Crippen LogP contribution in [0.25, 0.3) is 0 Å². The van der Waals surface area contributed by atoms with Crippen LogP contribution in [0, 0.1) is 17.3 Å². The normalized spacial score (nSPS) is 36.6. The third-order valence-corrected chi connectivity index (χ3v) is 5.72. The lowest BCUT2D eigenvalue weighted by molar-refractivity contribution is -0.0542. The average Bonchev–Trinajstić information content (AvgIpc) is 3.06. The van der Waals surface area contributed by atoms with E-state index in [1.165, 1.54) is 25.7 Å². The molecule has 2 aliphatic rings. The summed E-state index contributed by atoms with van der Waals surface area (Å²) in [5.74, 6) is 1.49. The second-order valence-corrected chi connectivity index (χ2v) is 6.94. The molecule has 0 spiro atoms. The number of aliphatic hydroxyl groups excluding tert-OH is 1. The van der Waals surface area contributed by atoms with Crippen molar-refractivity contribution in [2.75, 3.05) is 13.2 Å². The van der Waals surface area contributed by atoms with E-state index in [0.717, 1.165) is 38.4 Å². The first-order valence-corrected chi connectivity index (χ1v) is 8.51. The zero-order valence-electron chi connectivity index (χ0n) is 13.4. The Morgan fingerprint density at radius 1 is 1.20 bits per heavy atom. The van der Waals surface area contributed by atoms with Crippen LogP contribution in [0.15, 0.2) is 0 Å². The first kappa shape index (κ1) is 16.3. The first-order chi connectivity index (χ1) is 9.60. The average molecular weight is 284 g/mol. The summed E-state index contributed by atoms with van der Waals surface area (Å²) in [7, 11) is 0. The van der Waals surface area contributed by atoms with Gasteiger partial charge in [-0.3, -0.25) is 0 Å². The van der Waals surface area contributed by atoms with Gasteiger partial charge in [0.15, 0.2) is 6.29 Å². The van der Waals surface area contributed by atoms with Gasteiger partial charge < -0.3 is 14.6 Å². The van der Waals surface area contributed by atoms with Gasteiger partial charge in [-0.2, -0.15) is 0 Å². The van der Waals surface area contributed by atoms with Crippen LogP contribution in [-0.4, -0.2) is 30.7 Å². The van der Waals surface area contributed by atoms with E-state index in [1.54, 1.807) is 0 Å². The minimum Gasteiger partial charge on any atom is -0.393 e. The summed E-state index contributed by atoms with van der Waals surface area (Å²) in [6.45, 7) is 8.31. The van der Waals surface area contributed by atoms with Gasteiger partial charge >= 0.3 is 0 Å². The molecule has 3 nitrogen and oxygen atoms in total. The van der Waals surface area contributed by atoms with Gasteiger partial charge in [0.25, 0.3) is 0 Å². The van der Waals surface area contributed by atoms with Crippen molar-refractivity contribution in [3.05, 3.63) is 0 Å². The quantitative estimate of drug-likeness (QED) is 0.774. The molecule has 1 saturated carbocycles. The Balaban J connectivity index is 1.81. The molecule has 0 aromatic heterocycles. The van der Waals surface area contributed by atoms with Gasteiger partial charge in [0, 0.05) is 0 Å². The highest BCUT2D eigenvalue weighted by Gasteiger charge is 2.46. The number of hydrogen-bond donors (Lipinski definition) is 1. The van der Waals surface area contributed by atoms with E-state index in [2.05, 4.69) is 20.8 Å². The Morgan fingerprint density at radius 2 is 1.90 bits per heavy atom. The van der Waals surface area contributed by atoms with Gasteiger partial charge in [0.05, 0.1) is 19.3 Å². The maximum Gasteiger partial charge on any atom is 0.157 e. The maximum absolute atomic E-state index is 10.7. The lowest BCUT2D eigenvalue weighted by atomic mass is 9.72.